The quantitative estimate of drug-likeness (QED) is 0.340. The van der Waals surface area contributed by atoms with E-state index in [0.29, 0.717) is 12.8 Å². The van der Waals surface area contributed by atoms with E-state index in [1.807, 2.05) is 64.1 Å². The van der Waals surface area contributed by atoms with Gasteiger partial charge in [0.15, 0.2) is 0 Å². The molecule has 9 heteroatoms. The van der Waals surface area contributed by atoms with Crippen LogP contribution < -0.4 is 10.6 Å². The second kappa shape index (κ2) is 13.2. The average molecular weight is 566 g/mol. The molecule has 222 valence electrons. The minimum Gasteiger partial charge on any atom is -0.480 e. The molecular formula is C32H43N3O6. The van der Waals surface area contributed by atoms with Crippen LogP contribution in [-0.4, -0.2) is 65.2 Å². The molecule has 0 heterocycles. The van der Waals surface area contributed by atoms with Crippen LogP contribution in [0.1, 0.15) is 71.4 Å². The summed E-state index contributed by atoms with van der Waals surface area (Å²) >= 11 is 0. The number of fused-ring (bicyclic) bond motifs is 3. The first-order valence-electron chi connectivity index (χ1n) is 14.2. The first-order valence-corrected chi connectivity index (χ1v) is 14.2. The van der Waals surface area contributed by atoms with Crippen LogP contribution in [0.25, 0.3) is 11.1 Å². The summed E-state index contributed by atoms with van der Waals surface area (Å²) in [6, 6.07) is 14.2. The van der Waals surface area contributed by atoms with E-state index < -0.39 is 41.5 Å². The molecule has 3 N–H and O–H groups in total. The van der Waals surface area contributed by atoms with Gasteiger partial charge in [0.1, 0.15) is 24.2 Å². The van der Waals surface area contributed by atoms with Crippen molar-refractivity contribution in [3.63, 3.8) is 0 Å². The summed E-state index contributed by atoms with van der Waals surface area (Å²) in [6.45, 7) is 10.5. The first-order chi connectivity index (χ1) is 19.3. The number of carboxylic acid groups (broad SMARTS) is 1. The van der Waals surface area contributed by atoms with E-state index in [-0.39, 0.29) is 24.4 Å². The van der Waals surface area contributed by atoms with E-state index >= 15 is 0 Å². The molecule has 0 bridgehead atoms. The zero-order valence-electron chi connectivity index (χ0n) is 25.1. The monoisotopic (exact) mass is 565 g/mol. The third kappa shape index (κ3) is 7.26. The second-order valence-electron chi connectivity index (χ2n) is 11.8. The molecule has 0 aromatic heterocycles. The maximum atomic E-state index is 13.8. The van der Waals surface area contributed by atoms with Crippen molar-refractivity contribution in [1.82, 2.24) is 15.5 Å². The van der Waals surface area contributed by atoms with Crippen molar-refractivity contribution in [2.24, 2.45) is 11.8 Å². The van der Waals surface area contributed by atoms with Gasteiger partial charge in [-0.3, -0.25) is 9.59 Å². The summed E-state index contributed by atoms with van der Waals surface area (Å²) in [5, 5.41) is 14.8. The van der Waals surface area contributed by atoms with E-state index in [1.54, 1.807) is 0 Å². The molecule has 0 fully saturated rings. The molecule has 0 saturated carbocycles. The van der Waals surface area contributed by atoms with Gasteiger partial charge in [-0.2, -0.15) is 0 Å². The molecule has 0 aliphatic heterocycles. The van der Waals surface area contributed by atoms with Gasteiger partial charge in [0.25, 0.3) is 0 Å². The molecule has 0 spiro atoms. The van der Waals surface area contributed by atoms with Gasteiger partial charge >= 0.3 is 12.1 Å². The van der Waals surface area contributed by atoms with E-state index in [0.717, 1.165) is 22.3 Å². The SMILES string of the molecule is CC[C@H](C)[C@H](NC(=O)OCC1c2ccccc2-c2ccccc21)C(=O)N(C)[C@@H](CC(C)C)C(=O)NC(C)(C)C(=O)O. The lowest BCUT2D eigenvalue weighted by atomic mass is 9.95. The minimum absolute atomic E-state index is 0.0473. The number of aliphatic carboxylic acids is 1. The number of carbonyl (C=O) groups is 4. The second-order valence-corrected chi connectivity index (χ2v) is 11.8. The number of carboxylic acids is 1. The standard InChI is InChI=1S/C32H43N3O6/c1-8-20(4)27(29(37)35(7)26(17-19(2)3)28(36)34-32(5,6)30(38)39)33-31(40)41-18-25-23-15-11-9-13-21(23)22-14-10-12-16-24(22)25/h9-16,19-20,25-27H,8,17-18H2,1-7H3,(H,33,40)(H,34,36)(H,38,39)/t20-,26-,27-/m0/s1. The van der Waals surface area contributed by atoms with Crippen LogP contribution in [0.5, 0.6) is 0 Å². The fraction of sp³-hybridized carbons (Fsp3) is 0.500. The van der Waals surface area contributed by atoms with E-state index in [4.69, 9.17) is 4.74 Å². The van der Waals surface area contributed by atoms with Gasteiger partial charge in [-0.05, 0) is 54.4 Å². The number of carbonyl (C=O) groups excluding carboxylic acids is 3. The van der Waals surface area contributed by atoms with Crippen LogP contribution in [-0.2, 0) is 19.1 Å². The summed E-state index contributed by atoms with van der Waals surface area (Å²) in [6.07, 6.45) is 0.207. The molecule has 9 nitrogen and oxygen atoms in total. The molecule has 0 radical (unpaired) electrons. The zero-order chi connectivity index (χ0) is 30.5. The molecule has 0 unspecified atom stereocenters. The van der Waals surface area contributed by atoms with Crippen LogP contribution in [0.2, 0.25) is 0 Å². The smallest absolute Gasteiger partial charge is 0.407 e. The number of hydrogen-bond donors (Lipinski definition) is 3. The Morgan fingerprint density at radius 3 is 2.00 bits per heavy atom. The highest BCUT2D eigenvalue weighted by Crippen LogP contribution is 2.44. The molecular weight excluding hydrogens is 522 g/mol. The molecule has 3 amide bonds. The number of rotatable bonds is 12. The van der Waals surface area contributed by atoms with Crippen molar-refractivity contribution >= 4 is 23.9 Å². The predicted molar refractivity (Wildman–Crippen MR) is 157 cm³/mol. The van der Waals surface area contributed by atoms with Crippen LogP contribution >= 0.6 is 0 Å². The topological polar surface area (TPSA) is 125 Å². The lowest BCUT2D eigenvalue weighted by Gasteiger charge is -2.35. The molecule has 1 aliphatic rings. The number of hydrogen-bond acceptors (Lipinski definition) is 5. The Bertz CT molecular complexity index is 1230. The summed E-state index contributed by atoms with van der Waals surface area (Å²) in [4.78, 5) is 52.9. The van der Waals surface area contributed by atoms with Crippen LogP contribution in [0, 0.1) is 11.8 Å². The van der Waals surface area contributed by atoms with Crippen LogP contribution in [0.15, 0.2) is 48.5 Å². The molecule has 0 saturated heterocycles. The summed E-state index contributed by atoms with van der Waals surface area (Å²) in [7, 11) is 1.51. The lowest BCUT2D eigenvalue weighted by molar-refractivity contribution is -0.148. The maximum Gasteiger partial charge on any atom is 0.407 e. The Morgan fingerprint density at radius 2 is 1.51 bits per heavy atom. The zero-order valence-corrected chi connectivity index (χ0v) is 25.1. The molecule has 3 atom stereocenters. The van der Waals surface area contributed by atoms with Crippen molar-refractivity contribution in [3.05, 3.63) is 59.7 Å². The number of alkyl carbamates (subject to hydrolysis) is 1. The average Bonchev–Trinajstić information content (AvgIpc) is 3.25. The fourth-order valence-corrected chi connectivity index (χ4v) is 5.16. The Hall–Kier alpha value is -3.88. The van der Waals surface area contributed by atoms with Gasteiger partial charge in [-0.25, -0.2) is 9.59 Å². The highest BCUT2D eigenvalue weighted by molar-refractivity contribution is 5.93. The third-order valence-corrected chi connectivity index (χ3v) is 7.88. The fourth-order valence-electron chi connectivity index (χ4n) is 5.16. The van der Waals surface area contributed by atoms with Gasteiger partial charge in [0, 0.05) is 13.0 Å². The number of likely N-dealkylation sites (N-methyl/N-ethyl adjacent to an activating group) is 1. The van der Waals surface area contributed by atoms with E-state index in [9.17, 15) is 24.3 Å². The summed E-state index contributed by atoms with van der Waals surface area (Å²) in [5.74, 6) is -2.51. The highest BCUT2D eigenvalue weighted by Gasteiger charge is 2.38. The Labute approximate surface area is 242 Å². The predicted octanol–water partition coefficient (Wildman–Crippen LogP) is 4.79. The molecule has 41 heavy (non-hydrogen) atoms. The first kappa shape index (κ1) is 31.6. The number of ether oxygens (including phenoxy) is 1. The van der Waals surface area contributed by atoms with Gasteiger partial charge in [-0.15, -0.1) is 0 Å². The third-order valence-electron chi connectivity index (χ3n) is 7.88. The number of amides is 3. The van der Waals surface area contributed by atoms with Gasteiger partial charge in [-0.1, -0.05) is 82.6 Å². The van der Waals surface area contributed by atoms with Crippen molar-refractivity contribution in [1.29, 1.82) is 0 Å². The van der Waals surface area contributed by atoms with Crippen molar-refractivity contribution in [2.75, 3.05) is 13.7 Å². The molecule has 3 rings (SSSR count). The largest absolute Gasteiger partial charge is 0.480 e. The van der Waals surface area contributed by atoms with Gasteiger partial charge in [0.05, 0.1) is 0 Å². The van der Waals surface area contributed by atoms with E-state index in [1.165, 1.54) is 25.8 Å². The van der Waals surface area contributed by atoms with Gasteiger partial charge in [0.2, 0.25) is 11.8 Å². The highest BCUT2D eigenvalue weighted by atomic mass is 16.5. The molecule has 2 aromatic carbocycles. The maximum absolute atomic E-state index is 13.8. The summed E-state index contributed by atoms with van der Waals surface area (Å²) < 4.78 is 5.69. The van der Waals surface area contributed by atoms with Crippen LogP contribution in [0.3, 0.4) is 0 Å². The van der Waals surface area contributed by atoms with Crippen LogP contribution in [0.4, 0.5) is 4.79 Å². The molecule has 2 aromatic rings. The Balaban J connectivity index is 1.75. The molecule has 1 aliphatic carbocycles. The minimum atomic E-state index is -1.51. The van der Waals surface area contributed by atoms with Crippen molar-refractivity contribution < 1.29 is 29.0 Å². The van der Waals surface area contributed by atoms with Gasteiger partial charge < -0.3 is 25.4 Å². The number of nitrogens with zero attached hydrogens (tertiary/aromatic N) is 1. The van der Waals surface area contributed by atoms with E-state index in [2.05, 4.69) is 22.8 Å². The number of nitrogens with one attached hydrogen (secondary N) is 2. The lowest BCUT2D eigenvalue weighted by Crippen LogP contribution is -2.60. The normalized spacial score (nSPS) is 14.8. The summed E-state index contributed by atoms with van der Waals surface area (Å²) in [5.41, 5.74) is 2.90. The Morgan fingerprint density at radius 1 is 0.976 bits per heavy atom. The Kier molecular flexibility index (Phi) is 10.2. The van der Waals surface area contributed by atoms with Crippen molar-refractivity contribution in [2.45, 2.75) is 77.9 Å². The number of benzene rings is 2. The van der Waals surface area contributed by atoms with Crippen molar-refractivity contribution in [3.8, 4) is 11.1 Å².